The highest BCUT2D eigenvalue weighted by Crippen LogP contribution is 2.53. The van der Waals surface area contributed by atoms with E-state index in [1.807, 2.05) is 40.4 Å². The summed E-state index contributed by atoms with van der Waals surface area (Å²) in [6, 6.07) is -0.428. The molecular formula is C12H21NO3SSi. The molecule has 2 aliphatic rings. The Labute approximate surface area is 114 Å². The predicted molar refractivity (Wildman–Crippen MR) is 74.7 cm³/mol. The molecule has 3 unspecified atom stereocenters. The Morgan fingerprint density at radius 2 is 1.94 bits per heavy atom. The largest absolute Gasteiger partial charge is 0.518 e. The molecule has 3 atom stereocenters. The number of β-lactam (4-membered cyclic amide) rings is 1. The van der Waals surface area contributed by atoms with E-state index in [4.69, 9.17) is 4.43 Å². The van der Waals surface area contributed by atoms with Crippen LogP contribution in [0.5, 0.6) is 0 Å². The topological polar surface area (TPSA) is 46.6 Å². The summed E-state index contributed by atoms with van der Waals surface area (Å²) in [4.78, 5) is 26.0. The average molecular weight is 287 g/mol. The molecule has 0 bridgehead atoms. The molecule has 0 aromatic heterocycles. The minimum atomic E-state index is -1.91. The van der Waals surface area contributed by atoms with Gasteiger partial charge in [0.2, 0.25) is 14.2 Å². The van der Waals surface area contributed by atoms with Crippen LogP contribution in [0.15, 0.2) is 0 Å². The van der Waals surface area contributed by atoms with Crippen LogP contribution < -0.4 is 0 Å². The van der Waals surface area contributed by atoms with Crippen molar-refractivity contribution in [2.24, 2.45) is 5.92 Å². The number of amides is 1. The van der Waals surface area contributed by atoms with Crippen LogP contribution in [0.3, 0.4) is 0 Å². The fourth-order valence-electron chi connectivity index (χ4n) is 2.54. The summed E-state index contributed by atoms with van der Waals surface area (Å²) in [5, 5.41) is 0.145. The lowest BCUT2D eigenvalue weighted by atomic mass is 9.93. The van der Waals surface area contributed by atoms with Crippen LogP contribution >= 0.6 is 11.8 Å². The van der Waals surface area contributed by atoms with Gasteiger partial charge >= 0.3 is 5.97 Å². The highest BCUT2D eigenvalue weighted by molar-refractivity contribution is 8.01. The molecule has 102 valence electrons. The Morgan fingerprint density at radius 3 is 2.44 bits per heavy atom. The van der Waals surface area contributed by atoms with E-state index in [2.05, 4.69) is 0 Å². The Kier molecular flexibility index (Phi) is 3.09. The van der Waals surface area contributed by atoms with E-state index in [9.17, 15) is 9.59 Å². The van der Waals surface area contributed by atoms with Gasteiger partial charge in [-0.15, -0.1) is 11.8 Å². The molecule has 0 aromatic carbocycles. The predicted octanol–water partition coefficient (Wildman–Crippen LogP) is 2.06. The van der Waals surface area contributed by atoms with Gasteiger partial charge in [-0.1, -0.05) is 6.92 Å². The van der Waals surface area contributed by atoms with Crippen molar-refractivity contribution in [1.29, 1.82) is 0 Å². The van der Waals surface area contributed by atoms with E-state index in [1.54, 1.807) is 16.7 Å². The fourth-order valence-corrected chi connectivity index (χ4v) is 4.88. The van der Waals surface area contributed by atoms with E-state index < -0.39 is 14.4 Å². The summed E-state index contributed by atoms with van der Waals surface area (Å²) in [5.74, 6) is -0.121. The zero-order chi connectivity index (χ0) is 13.9. The fraction of sp³-hybridized carbons (Fsp3) is 0.833. The second kappa shape index (κ2) is 4.00. The lowest BCUT2D eigenvalue weighted by molar-refractivity contribution is -0.161. The first-order valence-electron chi connectivity index (χ1n) is 6.27. The molecule has 2 aliphatic heterocycles. The van der Waals surface area contributed by atoms with Crippen molar-refractivity contribution in [3.05, 3.63) is 0 Å². The molecule has 0 aliphatic carbocycles. The van der Waals surface area contributed by atoms with Crippen molar-refractivity contribution in [1.82, 2.24) is 4.90 Å². The summed E-state index contributed by atoms with van der Waals surface area (Å²) < 4.78 is 5.32. The summed E-state index contributed by atoms with van der Waals surface area (Å²) in [6.45, 7) is 11.9. The first-order chi connectivity index (χ1) is 8.04. The van der Waals surface area contributed by atoms with Crippen LogP contribution in [0, 0.1) is 5.92 Å². The Bertz CT molecular complexity index is 405. The lowest BCUT2D eigenvalue weighted by Gasteiger charge is -2.42. The van der Waals surface area contributed by atoms with Crippen molar-refractivity contribution < 1.29 is 14.0 Å². The van der Waals surface area contributed by atoms with E-state index in [0.717, 1.165) is 0 Å². The maximum atomic E-state index is 12.3. The molecule has 0 saturated carbocycles. The molecule has 2 heterocycles. The van der Waals surface area contributed by atoms with E-state index in [-0.39, 0.29) is 27.9 Å². The average Bonchev–Trinajstić information content (AvgIpc) is 2.44. The normalized spacial score (nSPS) is 34.0. The van der Waals surface area contributed by atoms with Crippen LogP contribution in [-0.4, -0.2) is 41.3 Å². The Hall–Kier alpha value is -0.493. The van der Waals surface area contributed by atoms with Gasteiger partial charge in [-0.25, -0.2) is 0 Å². The van der Waals surface area contributed by atoms with Crippen molar-refractivity contribution in [2.75, 3.05) is 0 Å². The summed E-state index contributed by atoms with van der Waals surface area (Å²) in [6.07, 6.45) is 0. The number of thioether (sulfide) groups is 1. The van der Waals surface area contributed by atoms with Gasteiger partial charge in [-0.05, 0) is 33.5 Å². The van der Waals surface area contributed by atoms with E-state index in [0.29, 0.717) is 0 Å². The van der Waals surface area contributed by atoms with Crippen molar-refractivity contribution >= 4 is 32.0 Å². The molecule has 18 heavy (non-hydrogen) atoms. The molecule has 2 fully saturated rings. The molecule has 4 nitrogen and oxygen atoms in total. The standard InChI is InChI=1S/C12H21NO3SSi/c1-7-9(14)13-8(11(15)16-18(4,5)6)12(2,3)17-10(7)13/h7-8,10H,1-6H3. The van der Waals surface area contributed by atoms with Crippen LogP contribution in [0.2, 0.25) is 19.6 Å². The third kappa shape index (κ3) is 2.09. The zero-order valence-electron chi connectivity index (χ0n) is 11.8. The Balaban J connectivity index is 2.21. The molecule has 0 N–H and O–H groups in total. The number of carbonyl (C=O) groups is 2. The lowest BCUT2D eigenvalue weighted by Crippen LogP contribution is -2.62. The summed E-state index contributed by atoms with van der Waals surface area (Å²) in [7, 11) is -1.91. The van der Waals surface area contributed by atoms with Crippen molar-refractivity contribution in [2.45, 2.75) is 56.6 Å². The monoisotopic (exact) mass is 287 g/mol. The Morgan fingerprint density at radius 1 is 1.39 bits per heavy atom. The molecule has 0 spiro atoms. The van der Waals surface area contributed by atoms with Gasteiger partial charge in [0.25, 0.3) is 0 Å². The van der Waals surface area contributed by atoms with Crippen LogP contribution in [0.25, 0.3) is 0 Å². The minimum absolute atomic E-state index is 0.0268. The van der Waals surface area contributed by atoms with E-state index in [1.165, 1.54) is 0 Å². The zero-order valence-corrected chi connectivity index (χ0v) is 13.6. The molecule has 0 aromatic rings. The highest BCUT2D eigenvalue weighted by atomic mass is 32.2. The number of rotatable bonds is 2. The van der Waals surface area contributed by atoms with Gasteiger partial charge < -0.3 is 9.33 Å². The van der Waals surface area contributed by atoms with Gasteiger partial charge in [0.1, 0.15) is 6.04 Å². The third-order valence-electron chi connectivity index (χ3n) is 3.34. The summed E-state index contributed by atoms with van der Waals surface area (Å²) >= 11 is 1.71. The number of hydrogen-bond acceptors (Lipinski definition) is 4. The first kappa shape index (κ1) is 13.9. The van der Waals surface area contributed by atoms with Gasteiger partial charge in [-0.3, -0.25) is 9.59 Å². The maximum absolute atomic E-state index is 12.3. The third-order valence-corrected chi connectivity index (χ3v) is 5.86. The number of carbonyl (C=O) groups excluding carboxylic acids is 2. The number of fused-ring (bicyclic) bond motifs is 1. The maximum Gasteiger partial charge on any atom is 0.317 e. The molecule has 1 amide bonds. The van der Waals surface area contributed by atoms with Gasteiger partial charge in [0, 0.05) is 4.75 Å². The SMILES string of the molecule is CC1C(=O)N2C1SC(C)(C)C2C(=O)O[Si](C)(C)C. The van der Waals surface area contributed by atoms with Crippen molar-refractivity contribution in [3.8, 4) is 0 Å². The van der Waals surface area contributed by atoms with Gasteiger partial charge in [0.15, 0.2) is 0 Å². The van der Waals surface area contributed by atoms with Crippen molar-refractivity contribution in [3.63, 3.8) is 0 Å². The van der Waals surface area contributed by atoms with Gasteiger partial charge in [-0.2, -0.15) is 0 Å². The molecular weight excluding hydrogens is 266 g/mol. The number of hydrogen-bond donors (Lipinski definition) is 0. The number of nitrogens with zero attached hydrogens (tertiary/aromatic N) is 1. The molecule has 2 saturated heterocycles. The van der Waals surface area contributed by atoms with E-state index >= 15 is 0 Å². The van der Waals surface area contributed by atoms with Gasteiger partial charge in [0.05, 0.1) is 11.3 Å². The molecule has 6 heteroatoms. The smallest absolute Gasteiger partial charge is 0.317 e. The second-order valence-electron chi connectivity index (χ2n) is 6.58. The van der Waals surface area contributed by atoms with Crippen LogP contribution in [0.1, 0.15) is 20.8 Å². The summed E-state index contributed by atoms with van der Waals surface area (Å²) in [5.41, 5.74) is 0. The van der Waals surface area contributed by atoms with Crippen LogP contribution in [0.4, 0.5) is 0 Å². The minimum Gasteiger partial charge on any atom is -0.518 e. The quantitative estimate of drug-likeness (QED) is 0.576. The highest BCUT2D eigenvalue weighted by Gasteiger charge is 2.62. The second-order valence-corrected chi connectivity index (χ2v) is 12.8. The first-order valence-corrected chi connectivity index (χ1v) is 10.6. The molecule has 0 radical (unpaired) electrons. The molecule has 2 rings (SSSR count). The van der Waals surface area contributed by atoms with Crippen LogP contribution in [-0.2, 0) is 14.0 Å².